The van der Waals surface area contributed by atoms with Crippen molar-refractivity contribution in [2.24, 2.45) is 5.41 Å². The molecular formula is C41H30O3. The van der Waals surface area contributed by atoms with Gasteiger partial charge in [0.1, 0.15) is 16.8 Å². The van der Waals surface area contributed by atoms with Gasteiger partial charge in [-0.25, -0.2) is 0 Å². The molecule has 0 aliphatic heterocycles. The van der Waals surface area contributed by atoms with E-state index in [0.29, 0.717) is 33.4 Å². The van der Waals surface area contributed by atoms with Gasteiger partial charge in [-0.15, -0.1) is 0 Å². The molecule has 3 aliphatic rings. The number of benzene rings is 6. The van der Waals surface area contributed by atoms with Gasteiger partial charge in [0.15, 0.2) is 0 Å². The highest BCUT2D eigenvalue weighted by atomic mass is 16.3. The SMILES string of the molecule is OC1(c2ccccc2)c2ccccc2C23c4ccccc4[C@@](O)(c4ccccc4)C12[C@](O)(c1ccccc1)c1ccccc13. The van der Waals surface area contributed by atoms with E-state index in [9.17, 15) is 15.3 Å². The zero-order valence-corrected chi connectivity index (χ0v) is 23.9. The van der Waals surface area contributed by atoms with Crippen molar-refractivity contribution in [3.05, 3.63) is 214 Å². The maximum atomic E-state index is 14.2. The number of hydrogen-bond donors (Lipinski definition) is 3. The second-order valence-electron chi connectivity index (χ2n) is 12.4. The van der Waals surface area contributed by atoms with Crippen LogP contribution in [0.5, 0.6) is 0 Å². The van der Waals surface area contributed by atoms with Crippen molar-refractivity contribution >= 4 is 0 Å². The summed E-state index contributed by atoms with van der Waals surface area (Å²) in [5.74, 6) is 0. The van der Waals surface area contributed by atoms with Crippen LogP contribution in [0.15, 0.2) is 164 Å². The van der Waals surface area contributed by atoms with E-state index in [0.717, 1.165) is 16.7 Å². The number of fused-ring (bicyclic) bond motifs is 3. The van der Waals surface area contributed by atoms with Gasteiger partial charge in [-0.3, -0.25) is 0 Å². The Balaban J connectivity index is 1.64. The van der Waals surface area contributed by atoms with Gasteiger partial charge in [-0.05, 0) is 50.1 Å². The van der Waals surface area contributed by atoms with Gasteiger partial charge in [0.2, 0.25) is 0 Å². The average Bonchev–Trinajstić information content (AvgIpc) is 3.57. The van der Waals surface area contributed by atoms with Gasteiger partial charge in [-0.1, -0.05) is 164 Å². The summed E-state index contributed by atoms with van der Waals surface area (Å²) in [6, 6.07) is 52.8. The molecule has 3 N–H and O–H groups in total. The summed E-state index contributed by atoms with van der Waals surface area (Å²) in [4.78, 5) is 0. The zero-order chi connectivity index (χ0) is 29.8. The molecule has 1 unspecified atom stereocenters. The van der Waals surface area contributed by atoms with Crippen molar-refractivity contribution in [2.45, 2.75) is 22.2 Å². The monoisotopic (exact) mass is 570 g/mol. The summed E-state index contributed by atoms with van der Waals surface area (Å²) < 4.78 is 0. The van der Waals surface area contributed by atoms with Crippen LogP contribution in [0.1, 0.15) is 50.1 Å². The molecule has 6 aromatic carbocycles. The molecule has 0 amide bonds. The van der Waals surface area contributed by atoms with Crippen LogP contribution < -0.4 is 0 Å². The highest BCUT2D eigenvalue weighted by Crippen LogP contribution is 2.87. The molecule has 3 heteroatoms. The van der Waals surface area contributed by atoms with E-state index in [1.807, 2.05) is 146 Å². The van der Waals surface area contributed by atoms with Crippen LogP contribution in [0, 0.1) is 5.41 Å². The van der Waals surface area contributed by atoms with E-state index in [-0.39, 0.29) is 0 Å². The predicted molar refractivity (Wildman–Crippen MR) is 170 cm³/mol. The van der Waals surface area contributed by atoms with Crippen molar-refractivity contribution in [1.82, 2.24) is 0 Å². The molecule has 0 fully saturated rings. The lowest BCUT2D eigenvalue weighted by molar-refractivity contribution is -0.246. The minimum atomic E-state index is -1.88. The smallest absolute Gasteiger partial charge is 0.129 e. The first-order valence-corrected chi connectivity index (χ1v) is 15.1. The van der Waals surface area contributed by atoms with Crippen molar-refractivity contribution < 1.29 is 15.3 Å². The molecule has 212 valence electrons. The fourth-order valence-electron chi connectivity index (χ4n) is 9.78. The van der Waals surface area contributed by atoms with Crippen LogP contribution in [0.3, 0.4) is 0 Å². The van der Waals surface area contributed by atoms with Gasteiger partial charge < -0.3 is 15.3 Å². The number of aliphatic hydroxyl groups is 3. The quantitative estimate of drug-likeness (QED) is 0.221. The summed E-state index contributed by atoms with van der Waals surface area (Å²) in [6.07, 6.45) is 0. The van der Waals surface area contributed by atoms with Gasteiger partial charge in [0.25, 0.3) is 0 Å². The Morgan fingerprint density at radius 3 is 0.773 bits per heavy atom. The molecule has 0 bridgehead atoms. The van der Waals surface area contributed by atoms with E-state index in [4.69, 9.17) is 0 Å². The van der Waals surface area contributed by atoms with Crippen LogP contribution in [0.25, 0.3) is 0 Å². The maximum absolute atomic E-state index is 14.2. The Morgan fingerprint density at radius 2 is 0.500 bits per heavy atom. The Morgan fingerprint density at radius 1 is 0.273 bits per heavy atom. The van der Waals surface area contributed by atoms with Gasteiger partial charge >= 0.3 is 0 Å². The highest BCUT2D eigenvalue weighted by molar-refractivity contribution is 5.81. The normalized spacial score (nSPS) is 30.6. The van der Waals surface area contributed by atoms with Crippen LogP contribution in [0.4, 0.5) is 0 Å². The Hall–Kier alpha value is -4.80. The number of rotatable bonds is 3. The van der Waals surface area contributed by atoms with Gasteiger partial charge in [0, 0.05) is 0 Å². The minimum absolute atomic E-state index is 0.610. The van der Waals surface area contributed by atoms with Crippen molar-refractivity contribution in [2.75, 3.05) is 0 Å². The van der Waals surface area contributed by atoms with Gasteiger partial charge in [-0.2, -0.15) is 0 Å². The third-order valence-corrected chi connectivity index (χ3v) is 10.9. The second kappa shape index (κ2) is 8.43. The fourth-order valence-corrected chi connectivity index (χ4v) is 9.78. The zero-order valence-electron chi connectivity index (χ0n) is 23.9. The molecule has 0 spiro atoms. The molecule has 3 nitrogen and oxygen atoms in total. The molecule has 0 saturated carbocycles. The molecule has 9 rings (SSSR count). The summed E-state index contributed by atoms with van der Waals surface area (Å²) in [7, 11) is 0. The highest BCUT2D eigenvalue weighted by Gasteiger charge is 2.92. The molecule has 3 aliphatic carbocycles. The van der Waals surface area contributed by atoms with Gasteiger partial charge in [0.05, 0.1) is 10.8 Å². The molecule has 0 heterocycles. The summed E-state index contributed by atoms with van der Waals surface area (Å²) in [5.41, 5.74) is -2.00. The summed E-state index contributed by atoms with van der Waals surface area (Å²) >= 11 is 0. The minimum Gasteiger partial charge on any atom is -0.379 e. The van der Waals surface area contributed by atoms with Crippen LogP contribution >= 0.6 is 0 Å². The third-order valence-electron chi connectivity index (χ3n) is 10.9. The summed E-state index contributed by atoms with van der Waals surface area (Å²) in [6.45, 7) is 0. The molecule has 3 atom stereocenters. The molecule has 6 aromatic rings. The Kier molecular flexibility index (Phi) is 4.92. The van der Waals surface area contributed by atoms with E-state index < -0.39 is 27.6 Å². The predicted octanol–water partition coefficient (Wildman–Crippen LogP) is 6.76. The lowest BCUT2D eigenvalue weighted by Gasteiger charge is -2.59. The lowest BCUT2D eigenvalue weighted by Crippen LogP contribution is -2.68. The van der Waals surface area contributed by atoms with E-state index in [1.165, 1.54) is 0 Å². The van der Waals surface area contributed by atoms with Crippen LogP contribution in [-0.4, -0.2) is 15.3 Å². The standard InChI is InChI=1S/C41H30O3/c42-38(28-16-4-1-5-17-28)34-25-13-10-22-31(34)37-32-23-11-14-26-35(32)39(43,29-18-6-2-7-19-29)41(37,38)40(44,30-20-8-3-9-21-30)36-27-15-12-24-33(36)37/h1-27,42-44H/t37?,38-,39-,40?,41?/m0/s1. The third kappa shape index (κ3) is 2.41. The lowest BCUT2D eigenvalue weighted by atomic mass is 9.46. The van der Waals surface area contributed by atoms with E-state index >= 15 is 0 Å². The van der Waals surface area contributed by atoms with Crippen LogP contribution in [0.2, 0.25) is 0 Å². The van der Waals surface area contributed by atoms with Crippen molar-refractivity contribution in [3.63, 3.8) is 0 Å². The average molecular weight is 571 g/mol. The maximum Gasteiger partial charge on any atom is 0.129 e. The first kappa shape index (κ1) is 25.7. The molecule has 44 heavy (non-hydrogen) atoms. The first-order valence-electron chi connectivity index (χ1n) is 15.1. The van der Waals surface area contributed by atoms with E-state index in [1.54, 1.807) is 0 Å². The molecule has 0 saturated heterocycles. The number of hydrogen-bond acceptors (Lipinski definition) is 3. The van der Waals surface area contributed by atoms with E-state index in [2.05, 4.69) is 18.2 Å². The Bertz CT molecular complexity index is 1840. The molecule has 0 radical (unpaired) electrons. The topological polar surface area (TPSA) is 60.7 Å². The van der Waals surface area contributed by atoms with Crippen LogP contribution in [-0.2, 0) is 22.2 Å². The molecular weight excluding hydrogens is 540 g/mol. The van der Waals surface area contributed by atoms with Crippen molar-refractivity contribution in [3.8, 4) is 0 Å². The largest absolute Gasteiger partial charge is 0.379 e. The molecule has 0 aromatic heterocycles. The summed E-state index contributed by atoms with van der Waals surface area (Å²) in [5, 5.41) is 42.5. The second-order valence-corrected chi connectivity index (χ2v) is 12.4. The fraction of sp³-hybridized carbons (Fsp3) is 0.122. The van der Waals surface area contributed by atoms with Crippen molar-refractivity contribution in [1.29, 1.82) is 0 Å². The Labute approximate surface area is 256 Å². The first-order chi connectivity index (χ1) is 21.5.